The highest BCUT2D eigenvalue weighted by Gasteiger charge is 2.34. The summed E-state index contributed by atoms with van der Waals surface area (Å²) in [5.41, 5.74) is 1.20. The van der Waals surface area contributed by atoms with E-state index in [9.17, 15) is 0 Å². The van der Waals surface area contributed by atoms with Gasteiger partial charge in [0.2, 0.25) is 4.70 Å². The Morgan fingerprint density at radius 2 is 2.25 bits per heavy atom. The number of fused-ring (bicyclic) bond motifs is 1. The number of alkyl halides is 1. The zero-order valence-electron chi connectivity index (χ0n) is 8.75. The highest BCUT2D eigenvalue weighted by molar-refractivity contribution is 9.10. The predicted octanol–water partition coefficient (Wildman–Crippen LogP) is 3.31. The van der Waals surface area contributed by atoms with Crippen molar-refractivity contribution in [1.82, 2.24) is 10.0 Å². The van der Waals surface area contributed by atoms with E-state index in [-0.39, 0.29) is 4.70 Å². The van der Waals surface area contributed by atoms with Crippen LogP contribution in [0.2, 0.25) is 0 Å². The summed E-state index contributed by atoms with van der Waals surface area (Å²) < 4.78 is 4.32. The second-order valence-electron chi connectivity index (χ2n) is 4.24. The van der Waals surface area contributed by atoms with Gasteiger partial charge in [-0.25, -0.2) is 4.72 Å². The SMILES string of the molecule is BrC1(NC2CCCC2)NSc2sccc2N1. The van der Waals surface area contributed by atoms with Gasteiger partial charge < -0.3 is 5.32 Å². The molecule has 16 heavy (non-hydrogen) atoms. The molecule has 1 aliphatic heterocycles. The minimum absolute atomic E-state index is 0.360. The highest BCUT2D eigenvalue weighted by atomic mass is 79.9. The largest absolute Gasteiger partial charge is 0.344 e. The lowest BCUT2D eigenvalue weighted by Crippen LogP contribution is -2.59. The molecule has 0 spiro atoms. The monoisotopic (exact) mass is 319 g/mol. The topological polar surface area (TPSA) is 36.1 Å². The van der Waals surface area contributed by atoms with E-state index in [2.05, 4.69) is 42.7 Å². The Hall–Kier alpha value is 0.250. The first-order valence-corrected chi connectivity index (χ1v) is 8.00. The molecule has 1 fully saturated rings. The molecule has 1 unspecified atom stereocenters. The zero-order valence-corrected chi connectivity index (χ0v) is 12.0. The smallest absolute Gasteiger partial charge is 0.212 e. The van der Waals surface area contributed by atoms with E-state index in [0.29, 0.717) is 6.04 Å². The van der Waals surface area contributed by atoms with E-state index < -0.39 is 0 Å². The molecule has 3 rings (SSSR count). The lowest BCUT2D eigenvalue weighted by molar-refractivity contribution is 0.423. The van der Waals surface area contributed by atoms with Crippen LogP contribution in [-0.2, 0) is 0 Å². The van der Waals surface area contributed by atoms with Gasteiger partial charge >= 0.3 is 0 Å². The number of nitrogens with one attached hydrogen (secondary N) is 3. The van der Waals surface area contributed by atoms with Gasteiger partial charge in [0.15, 0.2) is 0 Å². The first kappa shape index (κ1) is 11.3. The molecule has 2 aliphatic rings. The average molecular weight is 320 g/mol. The van der Waals surface area contributed by atoms with Crippen LogP contribution in [0.4, 0.5) is 5.69 Å². The van der Waals surface area contributed by atoms with Gasteiger partial charge in [-0.3, -0.25) is 5.32 Å². The van der Waals surface area contributed by atoms with Crippen LogP contribution < -0.4 is 15.4 Å². The van der Waals surface area contributed by atoms with Crippen molar-refractivity contribution in [3.63, 3.8) is 0 Å². The van der Waals surface area contributed by atoms with Crippen molar-refractivity contribution in [1.29, 1.82) is 0 Å². The van der Waals surface area contributed by atoms with Crippen LogP contribution in [0.5, 0.6) is 0 Å². The van der Waals surface area contributed by atoms with Gasteiger partial charge in [0.1, 0.15) is 0 Å². The zero-order chi connectivity index (χ0) is 11.0. The Morgan fingerprint density at radius 3 is 3.06 bits per heavy atom. The number of hydrogen-bond donors (Lipinski definition) is 3. The minimum atomic E-state index is -0.360. The molecule has 0 saturated heterocycles. The number of halogens is 1. The maximum absolute atomic E-state index is 3.71. The van der Waals surface area contributed by atoms with Gasteiger partial charge in [0.25, 0.3) is 0 Å². The summed E-state index contributed by atoms with van der Waals surface area (Å²) in [7, 11) is 0. The summed E-state index contributed by atoms with van der Waals surface area (Å²) in [5.74, 6) is 0. The van der Waals surface area contributed by atoms with E-state index in [1.807, 2.05) is 0 Å². The Labute approximate surface area is 112 Å². The number of rotatable bonds is 2. The van der Waals surface area contributed by atoms with Crippen LogP contribution in [-0.4, -0.2) is 10.7 Å². The first-order chi connectivity index (χ1) is 7.75. The summed E-state index contributed by atoms with van der Waals surface area (Å²) in [5, 5.41) is 9.18. The summed E-state index contributed by atoms with van der Waals surface area (Å²) in [4.78, 5) is 0. The van der Waals surface area contributed by atoms with Crippen molar-refractivity contribution < 1.29 is 0 Å². The maximum Gasteiger partial charge on any atom is 0.212 e. The second-order valence-corrected chi connectivity index (χ2v) is 7.42. The lowest BCUT2D eigenvalue weighted by Gasteiger charge is -2.36. The molecule has 6 heteroatoms. The lowest BCUT2D eigenvalue weighted by atomic mass is 10.2. The van der Waals surface area contributed by atoms with Crippen molar-refractivity contribution in [3.8, 4) is 0 Å². The molecule has 3 N–H and O–H groups in total. The van der Waals surface area contributed by atoms with E-state index in [1.165, 1.54) is 35.6 Å². The van der Waals surface area contributed by atoms with Crippen molar-refractivity contribution >= 4 is 44.9 Å². The van der Waals surface area contributed by atoms with Crippen molar-refractivity contribution in [2.75, 3.05) is 5.32 Å². The van der Waals surface area contributed by atoms with Crippen LogP contribution in [0, 0.1) is 0 Å². The van der Waals surface area contributed by atoms with Gasteiger partial charge in [0, 0.05) is 6.04 Å². The Balaban J connectivity index is 1.70. The van der Waals surface area contributed by atoms with E-state index in [4.69, 9.17) is 0 Å². The van der Waals surface area contributed by atoms with Crippen LogP contribution in [0.1, 0.15) is 25.7 Å². The minimum Gasteiger partial charge on any atom is -0.344 e. The number of thiophene rings is 1. The molecule has 0 radical (unpaired) electrons. The molecular formula is C10H14BrN3S2. The van der Waals surface area contributed by atoms with Gasteiger partial charge in [0.05, 0.1) is 9.90 Å². The van der Waals surface area contributed by atoms with Crippen LogP contribution in [0.15, 0.2) is 15.7 Å². The fourth-order valence-corrected chi connectivity index (χ4v) is 4.62. The van der Waals surface area contributed by atoms with Gasteiger partial charge in [-0.2, -0.15) is 0 Å². The quantitative estimate of drug-likeness (QED) is 0.444. The van der Waals surface area contributed by atoms with Crippen molar-refractivity contribution in [3.05, 3.63) is 11.4 Å². The van der Waals surface area contributed by atoms with Crippen molar-refractivity contribution in [2.24, 2.45) is 0 Å². The molecule has 1 atom stereocenters. The molecule has 88 valence electrons. The molecule has 0 amide bonds. The number of anilines is 1. The van der Waals surface area contributed by atoms with E-state index >= 15 is 0 Å². The number of hydrogen-bond acceptors (Lipinski definition) is 5. The average Bonchev–Trinajstić information content (AvgIpc) is 2.87. The first-order valence-electron chi connectivity index (χ1n) is 5.51. The Morgan fingerprint density at radius 1 is 1.44 bits per heavy atom. The molecule has 1 saturated carbocycles. The molecule has 3 nitrogen and oxygen atoms in total. The van der Waals surface area contributed by atoms with Crippen molar-refractivity contribution in [2.45, 2.75) is 40.6 Å². The summed E-state index contributed by atoms with van der Waals surface area (Å²) in [6.07, 6.45) is 5.24. The van der Waals surface area contributed by atoms with Gasteiger partial charge in [-0.1, -0.05) is 12.8 Å². The third-order valence-electron chi connectivity index (χ3n) is 2.98. The fourth-order valence-electron chi connectivity index (χ4n) is 2.21. The molecule has 1 aliphatic carbocycles. The molecule has 0 bridgehead atoms. The summed E-state index contributed by atoms with van der Waals surface area (Å²) >= 11 is 7.15. The molecule has 0 aromatic carbocycles. The summed E-state index contributed by atoms with van der Waals surface area (Å²) in [6, 6.07) is 2.74. The normalized spacial score (nSPS) is 30.1. The third kappa shape index (κ3) is 2.26. The molecular weight excluding hydrogens is 306 g/mol. The Bertz CT molecular complexity index is 378. The summed E-state index contributed by atoms with van der Waals surface area (Å²) in [6.45, 7) is 0. The highest BCUT2D eigenvalue weighted by Crippen LogP contribution is 2.39. The third-order valence-corrected chi connectivity index (χ3v) is 5.93. The molecule has 1 aromatic heterocycles. The molecule has 1 aromatic rings. The van der Waals surface area contributed by atoms with Gasteiger partial charge in [-0.15, -0.1) is 11.3 Å². The Kier molecular flexibility index (Phi) is 3.19. The van der Waals surface area contributed by atoms with Crippen LogP contribution >= 0.6 is 39.2 Å². The van der Waals surface area contributed by atoms with Gasteiger partial charge in [-0.05, 0) is 52.2 Å². The van der Waals surface area contributed by atoms with Crippen LogP contribution in [0.3, 0.4) is 0 Å². The van der Waals surface area contributed by atoms with E-state index in [1.54, 1.807) is 23.3 Å². The fraction of sp³-hybridized carbons (Fsp3) is 0.600. The standard InChI is InChI=1S/C10H14BrN3S2/c11-10(12-7-3-1-2-4-7)13-8-5-6-15-9(8)16-14-10/h5-7,12-14H,1-4H2. The predicted molar refractivity (Wildman–Crippen MR) is 74.0 cm³/mol. The second kappa shape index (κ2) is 4.49. The molecule has 2 heterocycles. The van der Waals surface area contributed by atoms with Crippen LogP contribution in [0.25, 0.3) is 0 Å². The van der Waals surface area contributed by atoms with E-state index in [0.717, 1.165) is 0 Å². The maximum atomic E-state index is 3.71.